The van der Waals surface area contributed by atoms with Gasteiger partial charge in [-0.05, 0) is 38.6 Å². The van der Waals surface area contributed by atoms with Gasteiger partial charge in [-0.25, -0.2) is 0 Å². The Morgan fingerprint density at radius 3 is 2.56 bits per heavy atom. The van der Waals surface area contributed by atoms with Crippen LogP contribution in [-0.2, 0) is 0 Å². The lowest BCUT2D eigenvalue weighted by atomic mass is 9.86. The van der Waals surface area contributed by atoms with Crippen LogP contribution in [0.15, 0.2) is 24.5 Å². The van der Waals surface area contributed by atoms with E-state index >= 15 is 0 Å². The molecule has 86 valence electrons. The molecule has 1 spiro atoms. The van der Waals surface area contributed by atoms with Crippen LogP contribution in [0.25, 0.3) is 0 Å². The zero-order valence-corrected chi connectivity index (χ0v) is 9.89. The third-order valence-corrected chi connectivity index (χ3v) is 4.10. The molecular formula is C13H19N3. The van der Waals surface area contributed by atoms with E-state index in [9.17, 15) is 0 Å². The Bertz CT molecular complexity index is 365. The summed E-state index contributed by atoms with van der Waals surface area (Å²) in [6.07, 6.45) is 6.49. The third-order valence-electron chi connectivity index (χ3n) is 4.10. The predicted octanol–water partition coefficient (Wildman–Crippen LogP) is 1.61. The summed E-state index contributed by atoms with van der Waals surface area (Å²) >= 11 is 0. The zero-order valence-electron chi connectivity index (χ0n) is 9.89. The van der Waals surface area contributed by atoms with Crippen LogP contribution >= 0.6 is 0 Å². The van der Waals surface area contributed by atoms with Gasteiger partial charge in [-0.15, -0.1) is 0 Å². The number of likely N-dealkylation sites (tertiary alicyclic amines) is 1. The molecule has 2 aliphatic rings. The van der Waals surface area contributed by atoms with Crippen molar-refractivity contribution in [1.82, 2.24) is 9.88 Å². The number of aromatic nitrogens is 1. The van der Waals surface area contributed by atoms with Crippen molar-refractivity contribution in [3.05, 3.63) is 24.5 Å². The Kier molecular flexibility index (Phi) is 2.36. The molecule has 3 heteroatoms. The molecule has 16 heavy (non-hydrogen) atoms. The Hall–Kier alpha value is -1.09. The van der Waals surface area contributed by atoms with Crippen molar-refractivity contribution in [3.63, 3.8) is 0 Å². The lowest BCUT2D eigenvalue weighted by Gasteiger charge is -2.24. The minimum atomic E-state index is 0.567. The molecule has 0 bridgehead atoms. The molecule has 3 heterocycles. The first kappa shape index (κ1) is 10.1. The minimum absolute atomic E-state index is 0.567. The van der Waals surface area contributed by atoms with Gasteiger partial charge in [-0.1, -0.05) is 0 Å². The largest absolute Gasteiger partial charge is 0.371 e. The normalized spacial score (nSPS) is 30.4. The number of rotatable bonds is 1. The maximum absolute atomic E-state index is 4.08. The Morgan fingerprint density at radius 1 is 1.12 bits per heavy atom. The second-order valence-corrected chi connectivity index (χ2v) is 5.36. The van der Waals surface area contributed by atoms with E-state index in [0.29, 0.717) is 5.41 Å². The fourth-order valence-electron chi connectivity index (χ4n) is 3.20. The van der Waals surface area contributed by atoms with E-state index in [1.807, 2.05) is 12.4 Å². The summed E-state index contributed by atoms with van der Waals surface area (Å²) in [7, 11) is 2.24. The molecule has 2 aliphatic heterocycles. The van der Waals surface area contributed by atoms with Gasteiger partial charge in [0.2, 0.25) is 0 Å². The molecule has 0 radical (unpaired) electrons. The molecule has 3 rings (SSSR count). The first-order chi connectivity index (χ1) is 7.77. The van der Waals surface area contributed by atoms with Crippen molar-refractivity contribution in [1.29, 1.82) is 0 Å². The van der Waals surface area contributed by atoms with Crippen molar-refractivity contribution in [2.75, 3.05) is 38.1 Å². The van der Waals surface area contributed by atoms with E-state index in [2.05, 4.69) is 34.0 Å². The van der Waals surface area contributed by atoms with Crippen molar-refractivity contribution in [3.8, 4) is 0 Å². The molecule has 1 unspecified atom stereocenters. The van der Waals surface area contributed by atoms with Crippen LogP contribution in [0.2, 0.25) is 0 Å². The molecule has 1 aromatic rings. The maximum Gasteiger partial charge on any atom is 0.0397 e. The molecule has 0 aromatic carbocycles. The molecule has 2 fully saturated rings. The highest BCUT2D eigenvalue weighted by Gasteiger charge is 2.42. The first-order valence-electron chi connectivity index (χ1n) is 6.11. The second kappa shape index (κ2) is 3.74. The molecular weight excluding hydrogens is 198 g/mol. The van der Waals surface area contributed by atoms with Gasteiger partial charge in [0.15, 0.2) is 0 Å². The van der Waals surface area contributed by atoms with Crippen molar-refractivity contribution >= 4 is 5.69 Å². The van der Waals surface area contributed by atoms with E-state index in [4.69, 9.17) is 0 Å². The van der Waals surface area contributed by atoms with E-state index in [-0.39, 0.29) is 0 Å². The Morgan fingerprint density at radius 2 is 1.88 bits per heavy atom. The topological polar surface area (TPSA) is 19.4 Å². The lowest BCUT2D eigenvalue weighted by molar-refractivity contribution is 0.312. The van der Waals surface area contributed by atoms with Gasteiger partial charge in [-0.3, -0.25) is 4.98 Å². The number of nitrogens with zero attached hydrogens (tertiary/aromatic N) is 3. The number of hydrogen-bond donors (Lipinski definition) is 0. The first-order valence-corrected chi connectivity index (χ1v) is 6.11. The molecule has 2 saturated heterocycles. The summed E-state index contributed by atoms with van der Waals surface area (Å²) < 4.78 is 0. The van der Waals surface area contributed by atoms with E-state index in [0.717, 1.165) is 0 Å². The van der Waals surface area contributed by atoms with Gasteiger partial charge in [0.25, 0.3) is 0 Å². The van der Waals surface area contributed by atoms with Crippen LogP contribution in [0.5, 0.6) is 0 Å². The number of hydrogen-bond acceptors (Lipinski definition) is 3. The van der Waals surface area contributed by atoms with Gasteiger partial charge in [0.1, 0.15) is 0 Å². The highest BCUT2D eigenvalue weighted by Crippen LogP contribution is 2.40. The Labute approximate surface area is 97.1 Å². The van der Waals surface area contributed by atoms with Gasteiger partial charge in [0.05, 0.1) is 0 Å². The molecule has 0 saturated carbocycles. The van der Waals surface area contributed by atoms with Crippen molar-refractivity contribution in [2.45, 2.75) is 12.8 Å². The summed E-state index contributed by atoms with van der Waals surface area (Å²) in [4.78, 5) is 9.07. The van der Waals surface area contributed by atoms with Crippen LogP contribution in [-0.4, -0.2) is 43.1 Å². The van der Waals surface area contributed by atoms with Crippen LogP contribution in [0.1, 0.15) is 12.8 Å². The average Bonchev–Trinajstić information content (AvgIpc) is 2.88. The molecule has 0 aliphatic carbocycles. The average molecular weight is 217 g/mol. The van der Waals surface area contributed by atoms with E-state index in [1.165, 1.54) is 44.7 Å². The monoisotopic (exact) mass is 217 g/mol. The van der Waals surface area contributed by atoms with Crippen LogP contribution < -0.4 is 4.90 Å². The lowest BCUT2D eigenvalue weighted by Crippen LogP contribution is -2.29. The molecule has 1 aromatic heterocycles. The summed E-state index contributed by atoms with van der Waals surface area (Å²) in [5, 5.41) is 0. The summed E-state index contributed by atoms with van der Waals surface area (Å²) in [6.45, 7) is 4.97. The summed E-state index contributed by atoms with van der Waals surface area (Å²) in [5.74, 6) is 0. The third kappa shape index (κ3) is 1.69. The van der Waals surface area contributed by atoms with E-state index < -0.39 is 0 Å². The van der Waals surface area contributed by atoms with Crippen LogP contribution in [0.3, 0.4) is 0 Å². The quantitative estimate of drug-likeness (QED) is 0.712. The second-order valence-electron chi connectivity index (χ2n) is 5.36. The smallest absolute Gasteiger partial charge is 0.0397 e. The SMILES string of the molecule is CN1CCC2(CCN(c3ccncc3)C2)C1. The standard InChI is InChI=1S/C13H19N3/c1-15-8-4-13(10-15)5-9-16(11-13)12-2-6-14-7-3-12/h2-3,6-7H,4-5,8-11H2,1H3. The summed E-state index contributed by atoms with van der Waals surface area (Å²) in [6, 6.07) is 4.25. The highest BCUT2D eigenvalue weighted by molar-refractivity contribution is 5.46. The van der Waals surface area contributed by atoms with Crippen LogP contribution in [0, 0.1) is 5.41 Å². The van der Waals surface area contributed by atoms with Gasteiger partial charge >= 0.3 is 0 Å². The van der Waals surface area contributed by atoms with Crippen LogP contribution in [0.4, 0.5) is 5.69 Å². The molecule has 3 nitrogen and oxygen atoms in total. The number of pyridine rings is 1. The molecule has 1 atom stereocenters. The Balaban J connectivity index is 1.74. The van der Waals surface area contributed by atoms with Gasteiger partial charge < -0.3 is 9.80 Å². The van der Waals surface area contributed by atoms with Gasteiger partial charge in [-0.2, -0.15) is 0 Å². The predicted molar refractivity (Wildman–Crippen MR) is 65.6 cm³/mol. The fraction of sp³-hybridized carbons (Fsp3) is 0.615. The maximum atomic E-state index is 4.08. The molecule has 0 amide bonds. The van der Waals surface area contributed by atoms with Gasteiger partial charge in [0, 0.05) is 43.1 Å². The zero-order chi connectivity index (χ0) is 11.0. The molecule has 0 N–H and O–H groups in total. The highest BCUT2D eigenvalue weighted by atomic mass is 15.2. The van der Waals surface area contributed by atoms with Crippen molar-refractivity contribution in [2.24, 2.45) is 5.41 Å². The fourth-order valence-corrected chi connectivity index (χ4v) is 3.20. The number of anilines is 1. The van der Waals surface area contributed by atoms with Crippen molar-refractivity contribution < 1.29 is 0 Å². The summed E-state index contributed by atoms with van der Waals surface area (Å²) in [5.41, 5.74) is 1.90. The minimum Gasteiger partial charge on any atom is -0.371 e. The van der Waals surface area contributed by atoms with E-state index in [1.54, 1.807) is 0 Å².